The molecule has 0 saturated carbocycles. The molecule has 5 nitrogen and oxygen atoms in total. The van der Waals surface area contributed by atoms with Crippen molar-refractivity contribution < 1.29 is 23.1 Å². The molecule has 30 heavy (non-hydrogen) atoms. The van der Waals surface area contributed by atoms with Crippen LogP contribution in [-0.2, 0) is 9.59 Å². The number of rotatable bonds is 5. The van der Waals surface area contributed by atoms with Gasteiger partial charge in [0.2, 0.25) is 0 Å². The minimum atomic E-state index is -1.15. The highest BCUT2D eigenvalue weighted by molar-refractivity contribution is 6.46. The molecule has 0 unspecified atom stereocenters. The summed E-state index contributed by atoms with van der Waals surface area (Å²) in [6, 6.07) is 18.4. The van der Waals surface area contributed by atoms with Crippen LogP contribution in [0.25, 0.3) is 5.57 Å². The molecule has 1 aliphatic heterocycles. The van der Waals surface area contributed by atoms with E-state index in [9.17, 15) is 18.4 Å². The summed E-state index contributed by atoms with van der Waals surface area (Å²) in [6.07, 6.45) is 0. The molecule has 2 amide bonds. The molecule has 0 radical (unpaired) electrons. The van der Waals surface area contributed by atoms with E-state index in [2.05, 4.69) is 5.32 Å². The Balaban J connectivity index is 1.79. The van der Waals surface area contributed by atoms with Gasteiger partial charge in [0.15, 0.2) is 11.6 Å². The number of amides is 2. The van der Waals surface area contributed by atoms with Crippen molar-refractivity contribution in [3.63, 3.8) is 0 Å². The number of benzene rings is 3. The van der Waals surface area contributed by atoms with Crippen molar-refractivity contribution in [1.82, 2.24) is 0 Å². The number of hydrogen-bond donors (Lipinski definition) is 1. The number of carbonyl (C=O) groups is 2. The van der Waals surface area contributed by atoms with Crippen molar-refractivity contribution in [1.29, 1.82) is 0 Å². The van der Waals surface area contributed by atoms with Crippen LogP contribution in [0, 0.1) is 11.6 Å². The molecule has 0 saturated heterocycles. The van der Waals surface area contributed by atoms with Crippen molar-refractivity contribution in [2.75, 3.05) is 17.3 Å². The Morgan fingerprint density at radius 3 is 2.17 bits per heavy atom. The monoisotopic (exact) mass is 406 g/mol. The fourth-order valence-corrected chi connectivity index (χ4v) is 3.20. The summed E-state index contributed by atoms with van der Waals surface area (Å²) < 4.78 is 32.2. The quantitative estimate of drug-likeness (QED) is 0.640. The maximum Gasteiger partial charge on any atom is 0.282 e. The number of halogens is 2. The second-order valence-corrected chi connectivity index (χ2v) is 6.51. The van der Waals surface area contributed by atoms with Crippen LogP contribution in [0.15, 0.2) is 78.5 Å². The molecule has 3 aromatic carbocycles. The van der Waals surface area contributed by atoms with Gasteiger partial charge in [-0.15, -0.1) is 0 Å². The van der Waals surface area contributed by atoms with E-state index in [4.69, 9.17) is 4.74 Å². The fraction of sp³-hybridized carbons (Fsp3) is 0.0435. The third-order valence-electron chi connectivity index (χ3n) is 4.67. The van der Waals surface area contributed by atoms with E-state index >= 15 is 0 Å². The number of imide groups is 1. The summed E-state index contributed by atoms with van der Waals surface area (Å²) in [7, 11) is 1.54. The first-order valence-corrected chi connectivity index (χ1v) is 9.04. The van der Waals surface area contributed by atoms with Gasteiger partial charge in [-0.25, -0.2) is 13.7 Å². The first-order chi connectivity index (χ1) is 14.5. The SMILES string of the molecule is COc1ccc(NC2=C(c3ccccc3)C(=O)N(c3ccc(F)c(F)c3)C2=O)cc1. The van der Waals surface area contributed by atoms with E-state index in [0.29, 0.717) is 17.0 Å². The number of hydrogen-bond acceptors (Lipinski definition) is 4. The molecule has 0 aromatic heterocycles. The Labute approximate surface area is 171 Å². The van der Waals surface area contributed by atoms with Gasteiger partial charge in [-0.2, -0.15) is 0 Å². The molecule has 0 atom stereocenters. The molecule has 150 valence electrons. The van der Waals surface area contributed by atoms with E-state index < -0.39 is 23.4 Å². The maximum absolute atomic E-state index is 13.8. The summed E-state index contributed by atoms with van der Waals surface area (Å²) >= 11 is 0. The predicted octanol–water partition coefficient (Wildman–Crippen LogP) is 4.37. The fourth-order valence-electron chi connectivity index (χ4n) is 3.20. The van der Waals surface area contributed by atoms with Crippen molar-refractivity contribution in [3.8, 4) is 5.75 Å². The Bertz CT molecular complexity index is 1160. The predicted molar refractivity (Wildman–Crippen MR) is 109 cm³/mol. The van der Waals surface area contributed by atoms with E-state index in [1.54, 1.807) is 54.6 Å². The van der Waals surface area contributed by atoms with Crippen LogP contribution in [0.1, 0.15) is 5.56 Å². The van der Waals surface area contributed by atoms with Crippen LogP contribution < -0.4 is 15.0 Å². The molecule has 4 rings (SSSR count). The summed E-state index contributed by atoms with van der Waals surface area (Å²) in [6.45, 7) is 0. The zero-order chi connectivity index (χ0) is 21.3. The standard InChI is InChI=1S/C23H16F2N2O3/c1-30-17-10-7-15(8-11-17)26-21-20(14-5-3-2-4-6-14)22(28)27(23(21)29)16-9-12-18(24)19(25)13-16/h2-13,26H,1H3. The molecule has 3 aromatic rings. The Kier molecular flexibility index (Phi) is 5.02. The lowest BCUT2D eigenvalue weighted by Crippen LogP contribution is -2.32. The van der Waals surface area contributed by atoms with Gasteiger partial charge in [0, 0.05) is 11.8 Å². The number of ether oxygens (including phenoxy) is 1. The Morgan fingerprint density at radius 1 is 0.833 bits per heavy atom. The second-order valence-electron chi connectivity index (χ2n) is 6.51. The molecule has 1 N–H and O–H groups in total. The van der Waals surface area contributed by atoms with Gasteiger partial charge in [-0.3, -0.25) is 9.59 Å². The van der Waals surface area contributed by atoms with Crippen molar-refractivity contribution >= 4 is 28.8 Å². The number of carbonyl (C=O) groups excluding carboxylic acids is 2. The Morgan fingerprint density at radius 2 is 1.53 bits per heavy atom. The van der Waals surface area contributed by atoms with Gasteiger partial charge in [-0.05, 0) is 42.0 Å². The third-order valence-corrected chi connectivity index (χ3v) is 4.67. The minimum Gasteiger partial charge on any atom is -0.497 e. The summed E-state index contributed by atoms with van der Waals surface area (Å²) in [5.41, 5.74) is 1.22. The van der Waals surface area contributed by atoms with E-state index in [0.717, 1.165) is 17.0 Å². The molecule has 1 aliphatic rings. The molecule has 7 heteroatoms. The average molecular weight is 406 g/mol. The number of anilines is 2. The molecular formula is C23H16F2N2O3. The van der Waals surface area contributed by atoms with Gasteiger partial charge in [0.05, 0.1) is 18.4 Å². The van der Waals surface area contributed by atoms with Crippen molar-refractivity contribution in [3.05, 3.63) is 95.7 Å². The van der Waals surface area contributed by atoms with Gasteiger partial charge >= 0.3 is 0 Å². The largest absolute Gasteiger partial charge is 0.497 e. The van der Waals surface area contributed by atoms with E-state index in [1.165, 1.54) is 13.2 Å². The van der Waals surface area contributed by atoms with Gasteiger partial charge < -0.3 is 10.1 Å². The maximum atomic E-state index is 13.8. The lowest BCUT2D eigenvalue weighted by Gasteiger charge is -2.15. The summed E-state index contributed by atoms with van der Waals surface area (Å²) in [5.74, 6) is -2.87. The number of methoxy groups -OCH3 is 1. The third kappa shape index (κ3) is 3.41. The summed E-state index contributed by atoms with van der Waals surface area (Å²) in [4.78, 5) is 27.2. The van der Waals surface area contributed by atoms with Crippen LogP contribution >= 0.6 is 0 Å². The lowest BCUT2D eigenvalue weighted by atomic mass is 10.0. The van der Waals surface area contributed by atoms with Crippen LogP contribution in [-0.4, -0.2) is 18.9 Å². The van der Waals surface area contributed by atoms with Crippen molar-refractivity contribution in [2.45, 2.75) is 0 Å². The van der Waals surface area contributed by atoms with Crippen LogP contribution in [0.4, 0.5) is 20.2 Å². The average Bonchev–Trinajstić information content (AvgIpc) is 3.01. The molecule has 0 bridgehead atoms. The molecule has 0 spiro atoms. The van der Waals surface area contributed by atoms with Gasteiger partial charge in [0.1, 0.15) is 11.4 Å². The normalized spacial score (nSPS) is 13.8. The smallest absolute Gasteiger partial charge is 0.282 e. The second kappa shape index (κ2) is 7.79. The topological polar surface area (TPSA) is 58.6 Å². The molecule has 0 fully saturated rings. The minimum absolute atomic E-state index is 0.0427. The number of nitrogens with zero attached hydrogens (tertiary/aromatic N) is 1. The lowest BCUT2D eigenvalue weighted by molar-refractivity contribution is -0.120. The highest BCUT2D eigenvalue weighted by Gasteiger charge is 2.40. The van der Waals surface area contributed by atoms with Crippen LogP contribution in [0.5, 0.6) is 5.75 Å². The zero-order valence-electron chi connectivity index (χ0n) is 15.9. The first kappa shape index (κ1) is 19.3. The zero-order valence-corrected chi connectivity index (χ0v) is 15.9. The van der Waals surface area contributed by atoms with E-state index in [-0.39, 0.29) is 17.0 Å². The van der Waals surface area contributed by atoms with Crippen molar-refractivity contribution in [2.24, 2.45) is 0 Å². The van der Waals surface area contributed by atoms with Gasteiger partial charge in [0.25, 0.3) is 11.8 Å². The van der Waals surface area contributed by atoms with Crippen LogP contribution in [0.3, 0.4) is 0 Å². The highest BCUT2D eigenvalue weighted by Crippen LogP contribution is 2.34. The first-order valence-electron chi connectivity index (χ1n) is 9.04. The summed E-state index contributed by atoms with van der Waals surface area (Å²) in [5, 5.41) is 2.99. The molecular weight excluding hydrogens is 390 g/mol. The van der Waals surface area contributed by atoms with Gasteiger partial charge in [-0.1, -0.05) is 30.3 Å². The Hall–Kier alpha value is -4.00. The number of nitrogens with one attached hydrogen (secondary N) is 1. The highest BCUT2D eigenvalue weighted by atomic mass is 19.2. The molecule has 0 aliphatic carbocycles. The molecule has 1 heterocycles. The van der Waals surface area contributed by atoms with Crippen LogP contribution in [0.2, 0.25) is 0 Å². The van der Waals surface area contributed by atoms with E-state index in [1.807, 2.05) is 0 Å².